The number of Topliss-reactive ketones (excluding diaryl/α,β-unsaturated/α-hetero) is 1. The SMILES string of the molecule is CCN(CC)c1ccc(NC(=O)CCC(=O)c2cccnc2)cc1. The maximum Gasteiger partial charge on any atom is 0.224 e. The topological polar surface area (TPSA) is 62.3 Å². The molecule has 0 unspecified atom stereocenters. The predicted molar refractivity (Wildman–Crippen MR) is 96.4 cm³/mol. The third kappa shape index (κ3) is 4.91. The minimum Gasteiger partial charge on any atom is -0.372 e. The zero-order chi connectivity index (χ0) is 17.4. The Labute approximate surface area is 142 Å². The van der Waals surface area contributed by atoms with E-state index in [1.165, 1.54) is 6.20 Å². The van der Waals surface area contributed by atoms with Gasteiger partial charge in [-0.1, -0.05) is 0 Å². The lowest BCUT2D eigenvalue weighted by molar-refractivity contribution is -0.116. The van der Waals surface area contributed by atoms with Crippen LogP contribution in [0.2, 0.25) is 0 Å². The molecule has 0 bridgehead atoms. The van der Waals surface area contributed by atoms with Gasteiger partial charge in [0.1, 0.15) is 0 Å². The quantitative estimate of drug-likeness (QED) is 0.754. The summed E-state index contributed by atoms with van der Waals surface area (Å²) in [5, 5.41) is 2.83. The monoisotopic (exact) mass is 325 g/mol. The highest BCUT2D eigenvalue weighted by atomic mass is 16.2. The Morgan fingerprint density at radius 2 is 1.75 bits per heavy atom. The molecule has 1 N–H and O–H groups in total. The van der Waals surface area contributed by atoms with Crippen LogP contribution in [0.25, 0.3) is 0 Å². The zero-order valence-corrected chi connectivity index (χ0v) is 14.2. The van der Waals surface area contributed by atoms with E-state index in [0.29, 0.717) is 5.56 Å². The smallest absolute Gasteiger partial charge is 0.224 e. The molecule has 0 spiro atoms. The van der Waals surface area contributed by atoms with Crippen molar-refractivity contribution in [3.05, 3.63) is 54.4 Å². The Morgan fingerprint density at radius 3 is 2.33 bits per heavy atom. The van der Waals surface area contributed by atoms with Crippen LogP contribution < -0.4 is 10.2 Å². The molecule has 2 aromatic rings. The van der Waals surface area contributed by atoms with Gasteiger partial charge < -0.3 is 10.2 Å². The van der Waals surface area contributed by atoms with Gasteiger partial charge in [-0.2, -0.15) is 0 Å². The van der Waals surface area contributed by atoms with Gasteiger partial charge >= 0.3 is 0 Å². The van der Waals surface area contributed by atoms with E-state index in [1.54, 1.807) is 18.3 Å². The Morgan fingerprint density at radius 1 is 1.04 bits per heavy atom. The summed E-state index contributed by atoms with van der Waals surface area (Å²) in [5.41, 5.74) is 2.41. The molecule has 1 amide bonds. The minimum absolute atomic E-state index is 0.0740. The summed E-state index contributed by atoms with van der Waals surface area (Å²) in [6, 6.07) is 11.2. The molecule has 0 aliphatic carbocycles. The number of nitrogens with one attached hydrogen (secondary N) is 1. The lowest BCUT2D eigenvalue weighted by Gasteiger charge is -2.21. The van der Waals surface area contributed by atoms with Crippen molar-refractivity contribution >= 4 is 23.1 Å². The first-order valence-corrected chi connectivity index (χ1v) is 8.22. The van der Waals surface area contributed by atoms with Crippen LogP contribution in [0.15, 0.2) is 48.8 Å². The van der Waals surface area contributed by atoms with Crippen LogP contribution in [-0.2, 0) is 4.79 Å². The summed E-state index contributed by atoms with van der Waals surface area (Å²) in [4.78, 5) is 30.1. The Hall–Kier alpha value is -2.69. The van der Waals surface area contributed by atoms with Crippen molar-refractivity contribution in [1.82, 2.24) is 4.98 Å². The van der Waals surface area contributed by atoms with Crippen molar-refractivity contribution in [2.24, 2.45) is 0 Å². The largest absolute Gasteiger partial charge is 0.372 e. The normalized spacial score (nSPS) is 10.2. The summed E-state index contributed by atoms with van der Waals surface area (Å²) in [5.74, 6) is -0.238. The highest BCUT2D eigenvalue weighted by molar-refractivity contribution is 5.99. The van der Waals surface area contributed by atoms with Crippen molar-refractivity contribution in [2.45, 2.75) is 26.7 Å². The number of pyridine rings is 1. The number of amides is 1. The summed E-state index contributed by atoms with van der Waals surface area (Å²) in [6.07, 6.45) is 3.47. The fourth-order valence-corrected chi connectivity index (χ4v) is 2.47. The molecule has 126 valence electrons. The van der Waals surface area contributed by atoms with E-state index in [2.05, 4.69) is 29.0 Å². The average molecular weight is 325 g/mol. The van der Waals surface area contributed by atoms with Crippen LogP contribution in [0, 0.1) is 0 Å². The molecule has 0 aliphatic heterocycles. The van der Waals surface area contributed by atoms with Crippen LogP contribution in [0.5, 0.6) is 0 Å². The van der Waals surface area contributed by atoms with Crippen molar-refractivity contribution in [3.8, 4) is 0 Å². The van der Waals surface area contributed by atoms with Crippen molar-refractivity contribution in [1.29, 1.82) is 0 Å². The molecule has 0 saturated carbocycles. The van der Waals surface area contributed by atoms with E-state index in [9.17, 15) is 9.59 Å². The Balaban J connectivity index is 1.85. The maximum absolute atomic E-state index is 12.0. The van der Waals surface area contributed by atoms with Crippen molar-refractivity contribution in [3.63, 3.8) is 0 Å². The molecule has 24 heavy (non-hydrogen) atoms. The summed E-state index contributed by atoms with van der Waals surface area (Å²) in [7, 11) is 0. The van der Waals surface area contributed by atoms with Crippen LogP contribution >= 0.6 is 0 Å². The number of rotatable bonds is 8. The lowest BCUT2D eigenvalue weighted by Crippen LogP contribution is -2.21. The molecule has 1 aromatic carbocycles. The Bertz CT molecular complexity index is 665. The molecule has 2 rings (SSSR count). The van der Waals surface area contributed by atoms with Gasteiger partial charge in [-0.05, 0) is 50.2 Å². The summed E-state index contributed by atoms with van der Waals surface area (Å²) in [6.45, 7) is 6.11. The third-order valence-corrected chi connectivity index (χ3v) is 3.84. The van der Waals surface area contributed by atoms with Crippen LogP contribution in [0.4, 0.5) is 11.4 Å². The average Bonchev–Trinajstić information content (AvgIpc) is 2.63. The third-order valence-electron chi connectivity index (χ3n) is 3.84. The second-order valence-electron chi connectivity index (χ2n) is 5.43. The molecule has 5 heteroatoms. The van der Waals surface area contributed by atoms with Gasteiger partial charge in [-0.3, -0.25) is 14.6 Å². The van der Waals surface area contributed by atoms with E-state index in [1.807, 2.05) is 24.3 Å². The zero-order valence-electron chi connectivity index (χ0n) is 14.2. The molecule has 0 aliphatic rings. The number of anilines is 2. The number of hydrogen-bond donors (Lipinski definition) is 1. The summed E-state index contributed by atoms with van der Waals surface area (Å²) >= 11 is 0. The number of aromatic nitrogens is 1. The molecule has 0 atom stereocenters. The lowest BCUT2D eigenvalue weighted by atomic mass is 10.1. The molecular weight excluding hydrogens is 302 g/mol. The fraction of sp³-hybridized carbons (Fsp3) is 0.316. The van der Waals surface area contributed by atoms with Gasteiger partial charge in [0, 0.05) is 55.3 Å². The predicted octanol–water partition coefficient (Wildman–Crippen LogP) is 3.53. The van der Waals surface area contributed by atoms with Gasteiger partial charge in [0.05, 0.1) is 0 Å². The number of ketones is 1. The second-order valence-corrected chi connectivity index (χ2v) is 5.43. The van der Waals surface area contributed by atoms with Gasteiger partial charge in [0.2, 0.25) is 5.91 Å². The minimum atomic E-state index is -0.164. The molecule has 0 fully saturated rings. The standard InChI is InChI=1S/C19H23N3O2/c1-3-22(4-2)17-9-7-16(8-10-17)21-19(24)12-11-18(23)15-6-5-13-20-14-15/h5-10,13-14H,3-4,11-12H2,1-2H3,(H,21,24). The molecule has 0 radical (unpaired) electrons. The van der Waals surface area contributed by atoms with E-state index in [0.717, 1.165) is 24.5 Å². The van der Waals surface area contributed by atoms with Crippen LogP contribution in [-0.4, -0.2) is 29.8 Å². The van der Waals surface area contributed by atoms with E-state index < -0.39 is 0 Å². The van der Waals surface area contributed by atoms with E-state index in [-0.39, 0.29) is 24.5 Å². The highest BCUT2D eigenvalue weighted by Gasteiger charge is 2.10. The van der Waals surface area contributed by atoms with E-state index in [4.69, 9.17) is 0 Å². The van der Waals surface area contributed by atoms with Crippen LogP contribution in [0.3, 0.4) is 0 Å². The summed E-state index contributed by atoms with van der Waals surface area (Å²) < 4.78 is 0. The molecular formula is C19H23N3O2. The van der Waals surface area contributed by atoms with Crippen molar-refractivity contribution in [2.75, 3.05) is 23.3 Å². The molecule has 5 nitrogen and oxygen atoms in total. The number of carbonyl (C=O) groups excluding carboxylic acids is 2. The van der Waals surface area contributed by atoms with E-state index >= 15 is 0 Å². The first-order valence-electron chi connectivity index (χ1n) is 8.22. The highest BCUT2D eigenvalue weighted by Crippen LogP contribution is 2.18. The first kappa shape index (κ1) is 17.7. The number of carbonyl (C=O) groups is 2. The van der Waals surface area contributed by atoms with Crippen LogP contribution in [0.1, 0.15) is 37.0 Å². The number of hydrogen-bond acceptors (Lipinski definition) is 4. The molecule has 1 aromatic heterocycles. The molecule has 0 saturated heterocycles. The first-order chi connectivity index (χ1) is 11.6. The van der Waals surface area contributed by atoms with Crippen molar-refractivity contribution < 1.29 is 9.59 Å². The van der Waals surface area contributed by atoms with Gasteiger partial charge in [0.15, 0.2) is 5.78 Å². The maximum atomic E-state index is 12.0. The fourth-order valence-electron chi connectivity index (χ4n) is 2.47. The Kier molecular flexibility index (Phi) is 6.49. The second kappa shape index (κ2) is 8.82. The van der Waals surface area contributed by atoms with Gasteiger partial charge in [-0.25, -0.2) is 0 Å². The van der Waals surface area contributed by atoms with Gasteiger partial charge in [0.25, 0.3) is 0 Å². The number of benzene rings is 1. The molecule has 1 heterocycles. The van der Waals surface area contributed by atoms with Gasteiger partial charge in [-0.15, -0.1) is 0 Å². The number of nitrogens with zero attached hydrogens (tertiary/aromatic N) is 2.